The SMILES string of the molecule is Cc1nc(CN2CCCN(Cc3ccc(Cl)s3)CC2)no1. The van der Waals surface area contributed by atoms with Gasteiger partial charge in [0.25, 0.3) is 0 Å². The standard InChI is InChI=1S/C14H19ClN4OS/c1-11-16-14(17-20-11)10-19-6-2-5-18(7-8-19)9-12-3-4-13(15)21-12/h3-4H,2,5-10H2,1H3. The Kier molecular flexibility index (Phi) is 4.90. The molecule has 3 heterocycles. The highest BCUT2D eigenvalue weighted by Crippen LogP contribution is 2.23. The van der Waals surface area contributed by atoms with E-state index in [4.69, 9.17) is 16.1 Å². The fourth-order valence-corrected chi connectivity index (χ4v) is 3.73. The minimum absolute atomic E-state index is 0.635. The molecule has 0 saturated carbocycles. The number of thiophene rings is 1. The minimum Gasteiger partial charge on any atom is -0.340 e. The summed E-state index contributed by atoms with van der Waals surface area (Å²) < 4.78 is 5.90. The van der Waals surface area contributed by atoms with Gasteiger partial charge in [-0.25, -0.2) is 0 Å². The van der Waals surface area contributed by atoms with Gasteiger partial charge in [0.2, 0.25) is 5.89 Å². The fourth-order valence-electron chi connectivity index (χ4n) is 2.60. The third-order valence-electron chi connectivity index (χ3n) is 3.62. The molecule has 3 rings (SSSR count). The van der Waals surface area contributed by atoms with Crippen molar-refractivity contribution in [2.24, 2.45) is 0 Å². The maximum absolute atomic E-state index is 5.99. The van der Waals surface area contributed by atoms with Crippen molar-refractivity contribution in [1.82, 2.24) is 19.9 Å². The molecule has 7 heteroatoms. The summed E-state index contributed by atoms with van der Waals surface area (Å²) in [7, 11) is 0. The maximum Gasteiger partial charge on any atom is 0.223 e. The third-order valence-corrected chi connectivity index (χ3v) is 4.84. The fraction of sp³-hybridized carbons (Fsp3) is 0.571. The molecule has 114 valence electrons. The zero-order chi connectivity index (χ0) is 14.7. The Bertz CT molecular complexity index is 535. The Morgan fingerprint density at radius 3 is 2.57 bits per heavy atom. The second kappa shape index (κ2) is 6.87. The lowest BCUT2D eigenvalue weighted by Gasteiger charge is -2.20. The van der Waals surface area contributed by atoms with E-state index < -0.39 is 0 Å². The predicted molar refractivity (Wildman–Crippen MR) is 83.5 cm³/mol. The molecule has 0 unspecified atom stereocenters. The van der Waals surface area contributed by atoms with Crippen LogP contribution in [0.1, 0.15) is 23.0 Å². The van der Waals surface area contributed by atoms with Gasteiger partial charge >= 0.3 is 0 Å². The lowest BCUT2D eigenvalue weighted by Crippen LogP contribution is -2.30. The van der Waals surface area contributed by atoms with Crippen LogP contribution in [0.25, 0.3) is 0 Å². The molecule has 1 saturated heterocycles. The quantitative estimate of drug-likeness (QED) is 0.864. The topological polar surface area (TPSA) is 45.4 Å². The molecule has 0 bridgehead atoms. The summed E-state index contributed by atoms with van der Waals surface area (Å²) in [6.45, 7) is 7.89. The summed E-state index contributed by atoms with van der Waals surface area (Å²) in [5.74, 6) is 1.42. The van der Waals surface area contributed by atoms with Crippen molar-refractivity contribution in [3.63, 3.8) is 0 Å². The summed E-state index contributed by atoms with van der Waals surface area (Å²) >= 11 is 7.67. The minimum atomic E-state index is 0.635. The summed E-state index contributed by atoms with van der Waals surface area (Å²) in [5.41, 5.74) is 0. The first kappa shape index (κ1) is 15.0. The zero-order valence-corrected chi connectivity index (χ0v) is 13.7. The highest BCUT2D eigenvalue weighted by molar-refractivity contribution is 7.16. The van der Waals surface area contributed by atoms with Gasteiger partial charge in [0.05, 0.1) is 10.9 Å². The van der Waals surface area contributed by atoms with E-state index in [-0.39, 0.29) is 0 Å². The number of nitrogens with zero attached hydrogens (tertiary/aromatic N) is 4. The Labute approximate surface area is 133 Å². The average molecular weight is 327 g/mol. The van der Waals surface area contributed by atoms with E-state index >= 15 is 0 Å². The summed E-state index contributed by atoms with van der Waals surface area (Å²) in [5, 5.41) is 3.98. The monoisotopic (exact) mass is 326 g/mol. The van der Waals surface area contributed by atoms with Crippen LogP contribution in [0.15, 0.2) is 16.7 Å². The molecule has 0 N–H and O–H groups in total. The van der Waals surface area contributed by atoms with Crippen LogP contribution in [0.2, 0.25) is 4.34 Å². The molecule has 0 atom stereocenters. The van der Waals surface area contributed by atoms with E-state index in [1.807, 2.05) is 13.0 Å². The second-order valence-electron chi connectivity index (χ2n) is 5.34. The van der Waals surface area contributed by atoms with Crippen molar-refractivity contribution in [2.75, 3.05) is 26.2 Å². The molecule has 1 fully saturated rings. The van der Waals surface area contributed by atoms with Crippen molar-refractivity contribution in [3.8, 4) is 0 Å². The van der Waals surface area contributed by atoms with Gasteiger partial charge in [0.1, 0.15) is 0 Å². The lowest BCUT2D eigenvalue weighted by atomic mass is 10.3. The Morgan fingerprint density at radius 2 is 1.95 bits per heavy atom. The predicted octanol–water partition coefficient (Wildman–Crippen LogP) is 2.80. The first-order valence-electron chi connectivity index (χ1n) is 7.17. The van der Waals surface area contributed by atoms with Gasteiger partial charge in [-0.3, -0.25) is 9.80 Å². The van der Waals surface area contributed by atoms with Gasteiger partial charge < -0.3 is 4.52 Å². The summed E-state index contributed by atoms with van der Waals surface area (Å²) in [4.78, 5) is 10.5. The number of hydrogen-bond acceptors (Lipinski definition) is 6. The second-order valence-corrected chi connectivity index (χ2v) is 7.14. The summed E-state index contributed by atoms with van der Waals surface area (Å²) in [6.07, 6.45) is 1.16. The van der Waals surface area contributed by atoms with Crippen molar-refractivity contribution in [3.05, 3.63) is 33.1 Å². The molecule has 0 spiro atoms. The van der Waals surface area contributed by atoms with Gasteiger partial charge in [-0.2, -0.15) is 4.98 Å². The number of aromatic nitrogens is 2. The van der Waals surface area contributed by atoms with E-state index in [9.17, 15) is 0 Å². The molecule has 0 aliphatic carbocycles. The van der Waals surface area contributed by atoms with E-state index in [2.05, 4.69) is 26.0 Å². The first-order chi connectivity index (χ1) is 10.2. The Morgan fingerprint density at radius 1 is 1.19 bits per heavy atom. The molecule has 1 aliphatic heterocycles. The molecular formula is C14H19ClN4OS. The number of halogens is 1. The van der Waals surface area contributed by atoms with Crippen molar-refractivity contribution in [1.29, 1.82) is 0 Å². The molecule has 2 aromatic rings. The third kappa shape index (κ3) is 4.26. The lowest BCUT2D eigenvalue weighted by molar-refractivity contribution is 0.242. The highest BCUT2D eigenvalue weighted by Gasteiger charge is 2.17. The smallest absolute Gasteiger partial charge is 0.223 e. The number of hydrogen-bond donors (Lipinski definition) is 0. The van der Waals surface area contributed by atoms with Gasteiger partial charge in [0, 0.05) is 31.4 Å². The zero-order valence-electron chi connectivity index (χ0n) is 12.1. The first-order valence-corrected chi connectivity index (χ1v) is 8.36. The van der Waals surface area contributed by atoms with Gasteiger partial charge in [-0.05, 0) is 31.6 Å². The maximum atomic E-state index is 5.99. The van der Waals surface area contributed by atoms with Crippen LogP contribution in [-0.4, -0.2) is 46.1 Å². The largest absolute Gasteiger partial charge is 0.340 e. The van der Waals surface area contributed by atoms with Gasteiger partial charge in [-0.15, -0.1) is 11.3 Å². The molecule has 1 aliphatic rings. The van der Waals surface area contributed by atoms with Gasteiger partial charge in [0.15, 0.2) is 5.82 Å². The van der Waals surface area contributed by atoms with Crippen molar-refractivity contribution in [2.45, 2.75) is 26.4 Å². The van der Waals surface area contributed by atoms with Crippen molar-refractivity contribution >= 4 is 22.9 Å². The summed E-state index contributed by atoms with van der Waals surface area (Å²) in [6, 6.07) is 4.10. The Hall–Kier alpha value is -0.950. The van der Waals surface area contributed by atoms with Crippen LogP contribution in [0.4, 0.5) is 0 Å². The van der Waals surface area contributed by atoms with E-state index in [0.29, 0.717) is 5.89 Å². The van der Waals surface area contributed by atoms with Crippen molar-refractivity contribution < 1.29 is 4.52 Å². The number of rotatable bonds is 4. The van der Waals surface area contributed by atoms with Crippen LogP contribution < -0.4 is 0 Å². The van der Waals surface area contributed by atoms with Crippen LogP contribution in [0.5, 0.6) is 0 Å². The molecular weight excluding hydrogens is 308 g/mol. The van der Waals surface area contributed by atoms with E-state index in [1.54, 1.807) is 11.3 Å². The Balaban J connectivity index is 1.51. The van der Waals surface area contributed by atoms with Gasteiger partial charge in [-0.1, -0.05) is 16.8 Å². The van der Waals surface area contributed by atoms with Crippen LogP contribution >= 0.6 is 22.9 Å². The van der Waals surface area contributed by atoms with E-state index in [1.165, 1.54) is 4.88 Å². The van der Waals surface area contributed by atoms with Crippen LogP contribution in [0.3, 0.4) is 0 Å². The molecule has 21 heavy (non-hydrogen) atoms. The number of aryl methyl sites for hydroxylation is 1. The highest BCUT2D eigenvalue weighted by atomic mass is 35.5. The van der Waals surface area contributed by atoms with E-state index in [0.717, 1.165) is 55.9 Å². The molecule has 5 nitrogen and oxygen atoms in total. The molecule has 0 aromatic carbocycles. The molecule has 2 aromatic heterocycles. The van der Waals surface area contributed by atoms with Crippen LogP contribution in [0, 0.1) is 6.92 Å². The molecule has 0 amide bonds. The molecule has 0 radical (unpaired) electrons. The van der Waals surface area contributed by atoms with Crippen LogP contribution in [-0.2, 0) is 13.1 Å². The average Bonchev–Trinajstić information content (AvgIpc) is 2.96. The normalized spacial score (nSPS) is 18.0.